The highest BCUT2D eigenvalue weighted by Gasteiger charge is 2.12. The second-order valence-electron chi connectivity index (χ2n) is 2.77. The highest BCUT2D eigenvalue weighted by molar-refractivity contribution is 9.10. The first-order chi connectivity index (χ1) is 6.94. The average molecular weight is 298 g/mol. The number of benzene rings is 1. The Balaban J connectivity index is 2.94. The summed E-state index contributed by atoms with van der Waals surface area (Å²) in [5.41, 5.74) is -0.141. The predicted molar refractivity (Wildman–Crippen MR) is 58.6 cm³/mol. The molecule has 1 rings (SSSR count). The van der Waals surface area contributed by atoms with E-state index in [-0.39, 0.29) is 5.69 Å². The lowest BCUT2D eigenvalue weighted by atomic mass is 10.3. The average Bonchev–Trinajstić information content (AvgIpc) is 2.10. The van der Waals surface area contributed by atoms with E-state index < -0.39 is 28.2 Å². The van der Waals surface area contributed by atoms with E-state index in [1.165, 1.54) is 12.1 Å². The van der Waals surface area contributed by atoms with Gasteiger partial charge in [-0.25, -0.2) is 12.8 Å². The Bertz CT molecular complexity index is 449. The number of nitrogens with one attached hydrogen (secondary N) is 1. The van der Waals surface area contributed by atoms with E-state index in [4.69, 9.17) is 5.11 Å². The van der Waals surface area contributed by atoms with Crippen molar-refractivity contribution >= 4 is 31.6 Å². The summed E-state index contributed by atoms with van der Waals surface area (Å²) in [5, 5.41) is 8.48. The molecule has 0 atom stereocenters. The molecule has 7 heteroatoms. The van der Waals surface area contributed by atoms with Gasteiger partial charge in [0.15, 0.2) is 0 Å². The van der Waals surface area contributed by atoms with Crippen LogP contribution in [0.3, 0.4) is 0 Å². The molecule has 0 saturated heterocycles. The third kappa shape index (κ3) is 3.77. The molecule has 0 unspecified atom stereocenters. The third-order valence-corrected chi connectivity index (χ3v) is 3.30. The molecule has 0 aromatic heterocycles. The molecule has 2 N–H and O–H groups in total. The van der Waals surface area contributed by atoms with Crippen molar-refractivity contribution < 1.29 is 17.9 Å². The summed E-state index contributed by atoms with van der Waals surface area (Å²) in [6.45, 7) is -0.509. The van der Waals surface area contributed by atoms with Crippen LogP contribution in [0.2, 0.25) is 0 Å². The molecule has 15 heavy (non-hydrogen) atoms. The molecule has 0 fully saturated rings. The molecule has 0 aliphatic carbocycles. The summed E-state index contributed by atoms with van der Waals surface area (Å²) < 4.78 is 38.1. The van der Waals surface area contributed by atoms with Gasteiger partial charge in [-0.15, -0.1) is 0 Å². The van der Waals surface area contributed by atoms with Gasteiger partial charge in [-0.05, 0) is 18.2 Å². The summed E-state index contributed by atoms with van der Waals surface area (Å²) >= 11 is 3.09. The van der Waals surface area contributed by atoms with E-state index in [1.807, 2.05) is 4.72 Å². The fraction of sp³-hybridized carbons (Fsp3) is 0.250. The molecule has 0 aliphatic heterocycles. The van der Waals surface area contributed by atoms with Crippen molar-refractivity contribution in [3.05, 3.63) is 28.5 Å². The number of rotatable bonds is 4. The van der Waals surface area contributed by atoms with Crippen LogP contribution < -0.4 is 4.72 Å². The fourth-order valence-corrected chi connectivity index (χ4v) is 2.11. The van der Waals surface area contributed by atoms with Crippen molar-refractivity contribution in [2.75, 3.05) is 17.1 Å². The van der Waals surface area contributed by atoms with Gasteiger partial charge >= 0.3 is 0 Å². The highest BCUT2D eigenvalue weighted by atomic mass is 79.9. The van der Waals surface area contributed by atoms with Gasteiger partial charge in [0, 0.05) is 4.47 Å². The maximum absolute atomic E-state index is 13.1. The molecule has 0 radical (unpaired) electrons. The van der Waals surface area contributed by atoms with E-state index >= 15 is 0 Å². The zero-order valence-electron chi connectivity index (χ0n) is 7.57. The van der Waals surface area contributed by atoms with Crippen LogP contribution in [0.1, 0.15) is 0 Å². The van der Waals surface area contributed by atoms with Crippen molar-refractivity contribution in [3.8, 4) is 0 Å². The van der Waals surface area contributed by atoms with Crippen molar-refractivity contribution in [2.24, 2.45) is 0 Å². The van der Waals surface area contributed by atoms with Gasteiger partial charge < -0.3 is 5.11 Å². The molecular formula is C8H9BrFNO3S. The van der Waals surface area contributed by atoms with Gasteiger partial charge in [0.05, 0.1) is 18.0 Å². The largest absolute Gasteiger partial charge is 0.395 e. The Hall–Kier alpha value is -0.660. The van der Waals surface area contributed by atoms with Crippen molar-refractivity contribution in [1.29, 1.82) is 0 Å². The minimum Gasteiger partial charge on any atom is -0.395 e. The van der Waals surface area contributed by atoms with Gasteiger partial charge in [0.2, 0.25) is 10.0 Å². The van der Waals surface area contributed by atoms with Crippen molar-refractivity contribution in [3.63, 3.8) is 0 Å². The van der Waals surface area contributed by atoms with E-state index in [1.54, 1.807) is 0 Å². The number of hydrogen-bond acceptors (Lipinski definition) is 3. The molecule has 1 aromatic carbocycles. The van der Waals surface area contributed by atoms with Gasteiger partial charge in [-0.2, -0.15) is 0 Å². The van der Waals surface area contributed by atoms with Crippen molar-refractivity contribution in [1.82, 2.24) is 0 Å². The minimum absolute atomic E-state index is 0.141. The van der Waals surface area contributed by atoms with Crippen LogP contribution in [-0.2, 0) is 10.0 Å². The van der Waals surface area contributed by atoms with Crippen LogP contribution in [0.15, 0.2) is 22.7 Å². The Kier molecular flexibility index (Phi) is 4.06. The molecular weight excluding hydrogens is 289 g/mol. The summed E-state index contributed by atoms with van der Waals surface area (Å²) in [7, 11) is -3.68. The predicted octanol–water partition coefficient (Wildman–Crippen LogP) is 1.32. The monoisotopic (exact) mass is 297 g/mol. The van der Waals surface area contributed by atoms with Crippen molar-refractivity contribution in [2.45, 2.75) is 0 Å². The molecule has 0 bridgehead atoms. The number of anilines is 1. The van der Waals surface area contributed by atoms with Crippen LogP contribution >= 0.6 is 15.9 Å². The first-order valence-electron chi connectivity index (χ1n) is 4.01. The smallest absolute Gasteiger partial charge is 0.235 e. The molecule has 1 aromatic rings. The molecule has 0 aliphatic rings. The maximum Gasteiger partial charge on any atom is 0.235 e. The summed E-state index contributed by atoms with van der Waals surface area (Å²) in [5.74, 6) is -1.13. The molecule has 4 nitrogen and oxygen atoms in total. The van der Waals surface area contributed by atoms with Crippen LogP contribution in [0.5, 0.6) is 0 Å². The van der Waals surface area contributed by atoms with Crippen LogP contribution in [-0.4, -0.2) is 25.9 Å². The quantitative estimate of drug-likeness (QED) is 0.881. The molecule has 84 valence electrons. The zero-order chi connectivity index (χ0) is 11.5. The summed E-state index contributed by atoms with van der Waals surface area (Å²) in [6, 6.07) is 3.91. The minimum atomic E-state index is -3.68. The number of sulfonamides is 1. The highest BCUT2D eigenvalue weighted by Crippen LogP contribution is 2.20. The first kappa shape index (κ1) is 12.4. The molecule has 0 spiro atoms. The van der Waals surface area contributed by atoms with Crippen LogP contribution in [0, 0.1) is 5.82 Å². The zero-order valence-corrected chi connectivity index (χ0v) is 9.98. The lowest BCUT2D eigenvalue weighted by molar-refractivity contribution is 0.320. The standard InChI is InChI=1S/C8H9BrFNO3S/c9-6-1-2-7(10)8(5-6)11-15(13,14)4-3-12/h1-2,5,11-12H,3-4H2. The fourth-order valence-electron chi connectivity index (χ4n) is 0.914. The number of aliphatic hydroxyl groups excluding tert-OH is 1. The number of hydrogen-bond donors (Lipinski definition) is 2. The Morgan fingerprint density at radius 2 is 2.13 bits per heavy atom. The third-order valence-electron chi connectivity index (χ3n) is 1.55. The maximum atomic E-state index is 13.1. The Morgan fingerprint density at radius 1 is 1.47 bits per heavy atom. The van der Waals surface area contributed by atoms with Gasteiger partial charge in [-0.3, -0.25) is 4.72 Å². The topological polar surface area (TPSA) is 66.4 Å². The SMILES string of the molecule is O=S(=O)(CCO)Nc1cc(Br)ccc1F. The molecule has 0 saturated carbocycles. The second-order valence-corrected chi connectivity index (χ2v) is 5.53. The molecule has 0 heterocycles. The first-order valence-corrected chi connectivity index (χ1v) is 6.45. The van der Waals surface area contributed by atoms with Crippen LogP contribution in [0.25, 0.3) is 0 Å². The van der Waals surface area contributed by atoms with E-state index in [0.717, 1.165) is 6.07 Å². The Labute approximate surface area is 95.3 Å². The Morgan fingerprint density at radius 3 is 2.73 bits per heavy atom. The normalized spacial score (nSPS) is 11.4. The van der Waals surface area contributed by atoms with E-state index in [9.17, 15) is 12.8 Å². The molecule has 0 amide bonds. The lowest BCUT2D eigenvalue weighted by Crippen LogP contribution is -2.19. The number of halogens is 2. The number of aliphatic hydroxyl groups is 1. The lowest BCUT2D eigenvalue weighted by Gasteiger charge is -2.07. The van der Waals surface area contributed by atoms with Gasteiger partial charge in [-0.1, -0.05) is 15.9 Å². The van der Waals surface area contributed by atoms with Gasteiger partial charge in [0.1, 0.15) is 5.82 Å². The van der Waals surface area contributed by atoms with Crippen LogP contribution in [0.4, 0.5) is 10.1 Å². The van der Waals surface area contributed by atoms with Gasteiger partial charge in [0.25, 0.3) is 0 Å². The summed E-state index contributed by atoms with van der Waals surface area (Å²) in [6.07, 6.45) is 0. The second kappa shape index (κ2) is 4.91. The van der Waals surface area contributed by atoms with E-state index in [2.05, 4.69) is 15.9 Å². The summed E-state index contributed by atoms with van der Waals surface area (Å²) in [4.78, 5) is 0. The van der Waals surface area contributed by atoms with E-state index in [0.29, 0.717) is 4.47 Å².